The number of aromatic nitrogens is 2. The number of halogens is 2. The summed E-state index contributed by atoms with van der Waals surface area (Å²) in [5, 5.41) is 4.74. The third-order valence-electron chi connectivity index (χ3n) is 4.06. The SMILES string of the molecule is Fc1ccc(COc2ccc(Nc3ccnc4ccncc34)cc2Cl)cc1. The van der Waals surface area contributed by atoms with Crippen LogP contribution < -0.4 is 10.1 Å². The molecular weight excluding hydrogens is 365 g/mol. The van der Waals surface area contributed by atoms with E-state index < -0.39 is 0 Å². The van der Waals surface area contributed by atoms with Crippen LogP contribution in [0.4, 0.5) is 15.8 Å². The van der Waals surface area contributed by atoms with Crippen LogP contribution in [0.15, 0.2) is 73.2 Å². The average molecular weight is 380 g/mol. The number of nitrogens with zero attached hydrogens (tertiary/aromatic N) is 2. The molecule has 0 aliphatic rings. The Balaban J connectivity index is 1.50. The zero-order valence-corrected chi connectivity index (χ0v) is 14.9. The first-order valence-corrected chi connectivity index (χ1v) is 8.69. The molecule has 27 heavy (non-hydrogen) atoms. The number of ether oxygens (including phenoxy) is 1. The summed E-state index contributed by atoms with van der Waals surface area (Å²) in [4.78, 5) is 8.48. The van der Waals surface area contributed by atoms with Crippen LogP contribution in [0.3, 0.4) is 0 Å². The molecule has 4 aromatic rings. The maximum atomic E-state index is 13.0. The number of anilines is 2. The zero-order valence-electron chi connectivity index (χ0n) is 14.2. The van der Waals surface area contributed by atoms with Crippen molar-refractivity contribution in [3.05, 3.63) is 89.6 Å². The van der Waals surface area contributed by atoms with Gasteiger partial charge in [0.25, 0.3) is 0 Å². The first kappa shape index (κ1) is 17.2. The highest BCUT2D eigenvalue weighted by atomic mass is 35.5. The third-order valence-corrected chi connectivity index (χ3v) is 4.36. The minimum absolute atomic E-state index is 0.272. The molecule has 0 spiro atoms. The Morgan fingerprint density at radius 1 is 1.00 bits per heavy atom. The fourth-order valence-corrected chi connectivity index (χ4v) is 2.93. The van der Waals surface area contributed by atoms with Gasteiger partial charge in [0.05, 0.1) is 16.2 Å². The van der Waals surface area contributed by atoms with E-state index in [0.717, 1.165) is 27.8 Å². The highest BCUT2D eigenvalue weighted by Gasteiger charge is 2.07. The summed E-state index contributed by atoms with van der Waals surface area (Å²) in [5.74, 6) is 0.291. The van der Waals surface area contributed by atoms with Gasteiger partial charge in [-0.2, -0.15) is 0 Å². The van der Waals surface area contributed by atoms with Gasteiger partial charge in [-0.3, -0.25) is 9.97 Å². The highest BCUT2D eigenvalue weighted by molar-refractivity contribution is 6.32. The Hall–Kier alpha value is -3.18. The second-order valence-electron chi connectivity index (χ2n) is 5.94. The number of hydrogen-bond donors (Lipinski definition) is 1. The minimum Gasteiger partial charge on any atom is -0.487 e. The third kappa shape index (κ3) is 3.99. The van der Waals surface area contributed by atoms with Gasteiger partial charge in [-0.05, 0) is 48.0 Å². The first-order chi connectivity index (χ1) is 13.2. The molecule has 0 aliphatic heterocycles. The largest absolute Gasteiger partial charge is 0.487 e. The van der Waals surface area contributed by atoms with Gasteiger partial charge < -0.3 is 10.1 Å². The van der Waals surface area contributed by atoms with Crippen molar-refractivity contribution in [3.8, 4) is 5.75 Å². The fraction of sp³-hybridized carbons (Fsp3) is 0.0476. The predicted molar refractivity (Wildman–Crippen MR) is 105 cm³/mol. The lowest BCUT2D eigenvalue weighted by Crippen LogP contribution is -1.97. The van der Waals surface area contributed by atoms with E-state index in [9.17, 15) is 4.39 Å². The molecule has 0 saturated carbocycles. The van der Waals surface area contributed by atoms with Gasteiger partial charge in [-0.25, -0.2) is 4.39 Å². The molecule has 0 amide bonds. The molecule has 0 fully saturated rings. The van der Waals surface area contributed by atoms with Gasteiger partial charge in [0.15, 0.2) is 0 Å². The summed E-state index contributed by atoms with van der Waals surface area (Å²) < 4.78 is 18.7. The summed E-state index contributed by atoms with van der Waals surface area (Å²) in [6.45, 7) is 0.313. The molecule has 1 N–H and O–H groups in total. The molecule has 2 heterocycles. The molecule has 0 aliphatic carbocycles. The molecule has 0 atom stereocenters. The summed E-state index contributed by atoms with van der Waals surface area (Å²) in [7, 11) is 0. The zero-order chi connectivity index (χ0) is 18.6. The minimum atomic E-state index is -0.272. The van der Waals surface area contributed by atoms with Crippen molar-refractivity contribution >= 4 is 33.9 Å². The Bertz CT molecular complexity index is 1080. The lowest BCUT2D eigenvalue weighted by molar-refractivity contribution is 0.306. The Morgan fingerprint density at radius 3 is 2.67 bits per heavy atom. The summed E-state index contributed by atoms with van der Waals surface area (Å²) in [5.41, 5.74) is 3.44. The van der Waals surface area contributed by atoms with E-state index in [-0.39, 0.29) is 5.82 Å². The van der Waals surface area contributed by atoms with Crippen molar-refractivity contribution in [1.82, 2.24) is 9.97 Å². The van der Waals surface area contributed by atoms with Gasteiger partial charge in [0.2, 0.25) is 0 Å². The van der Waals surface area contributed by atoms with Crippen LogP contribution >= 0.6 is 11.6 Å². The molecule has 2 aromatic heterocycles. The molecule has 134 valence electrons. The van der Waals surface area contributed by atoms with Crippen molar-refractivity contribution in [3.63, 3.8) is 0 Å². The lowest BCUT2D eigenvalue weighted by atomic mass is 10.2. The fourth-order valence-electron chi connectivity index (χ4n) is 2.69. The molecule has 0 radical (unpaired) electrons. The van der Waals surface area contributed by atoms with Crippen LogP contribution in [0.5, 0.6) is 5.75 Å². The number of benzene rings is 2. The van der Waals surface area contributed by atoms with Crippen LogP contribution in [-0.2, 0) is 6.61 Å². The lowest BCUT2D eigenvalue weighted by Gasteiger charge is -2.12. The topological polar surface area (TPSA) is 47.0 Å². The van der Waals surface area contributed by atoms with E-state index in [4.69, 9.17) is 16.3 Å². The van der Waals surface area contributed by atoms with Crippen LogP contribution in [0.1, 0.15) is 5.56 Å². The van der Waals surface area contributed by atoms with E-state index >= 15 is 0 Å². The van der Waals surface area contributed by atoms with Gasteiger partial charge in [-0.15, -0.1) is 0 Å². The van der Waals surface area contributed by atoms with Crippen LogP contribution in [0.2, 0.25) is 5.02 Å². The van der Waals surface area contributed by atoms with E-state index in [0.29, 0.717) is 17.4 Å². The Labute approximate surface area is 160 Å². The monoisotopic (exact) mass is 379 g/mol. The highest BCUT2D eigenvalue weighted by Crippen LogP contribution is 2.31. The van der Waals surface area contributed by atoms with Gasteiger partial charge in [0.1, 0.15) is 18.2 Å². The van der Waals surface area contributed by atoms with Crippen LogP contribution in [0.25, 0.3) is 10.9 Å². The van der Waals surface area contributed by atoms with E-state index in [1.807, 2.05) is 18.2 Å². The number of nitrogens with one attached hydrogen (secondary N) is 1. The maximum Gasteiger partial charge on any atom is 0.138 e. The van der Waals surface area contributed by atoms with E-state index in [1.165, 1.54) is 12.1 Å². The van der Waals surface area contributed by atoms with Crippen LogP contribution in [-0.4, -0.2) is 9.97 Å². The maximum absolute atomic E-state index is 13.0. The summed E-state index contributed by atoms with van der Waals surface area (Å²) >= 11 is 6.36. The Kier molecular flexibility index (Phi) is 4.85. The van der Waals surface area contributed by atoms with Crippen molar-refractivity contribution in [2.24, 2.45) is 0 Å². The van der Waals surface area contributed by atoms with Crippen molar-refractivity contribution in [2.75, 3.05) is 5.32 Å². The number of pyridine rings is 2. The van der Waals surface area contributed by atoms with Crippen molar-refractivity contribution in [2.45, 2.75) is 6.61 Å². The van der Waals surface area contributed by atoms with Crippen molar-refractivity contribution in [1.29, 1.82) is 0 Å². The summed E-state index contributed by atoms with van der Waals surface area (Å²) in [6.07, 6.45) is 5.22. The molecule has 6 heteroatoms. The number of fused-ring (bicyclic) bond motifs is 1. The quantitative estimate of drug-likeness (QED) is 0.480. The molecule has 4 rings (SSSR count). The number of hydrogen-bond acceptors (Lipinski definition) is 4. The van der Waals surface area contributed by atoms with Gasteiger partial charge in [0, 0.05) is 29.7 Å². The van der Waals surface area contributed by atoms with Gasteiger partial charge >= 0.3 is 0 Å². The van der Waals surface area contributed by atoms with Crippen LogP contribution in [0, 0.1) is 5.82 Å². The average Bonchev–Trinajstić information content (AvgIpc) is 2.69. The second-order valence-corrected chi connectivity index (χ2v) is 6.34. The summed E-state index contributed by atoms with van der Waals surface area (Å²) in [6, 6.07) is 15.4. The van der Waals surface area contributed by atoms with Gasteiger partial charge in [-0.1, -0.05) is 23.7 Å². The normalized spacial score (nSPS) is 10.7. The first-order valence-electron chi connectivity index (χ1n) is 8.31. The molecule has 0 bridgehead atoms. The molecule has 0 saturated heterocycles. The van der Waals surface area contributed by atoms with Crippen molar-refractivity contribution < 1.29 is 9.13 Å². The van der Waals surface area contributed by atoms with E-state index in [2.05, 4.69) is 15.3 Å². The molecule has 2 aromatic carbocycles. The molecule has 0 unspecified atom stereocenters. The number of rotatable bonds is 5. The molecular formula is C21H15ClFN3O. The standard InChI is InChI=1S/C21H15ClFN3O/c22-18-11-16(26-20-8-10-25-19-7-9-24-12-17(19)20)5-6-21(18)27-13-14-1-3-15(23)4-2-14/h1-12H,13H2,(H,25,26). The predicted octanol–water partition coefficient (Wildman–Crippen LogP) is 5.74. The smallest absolute Gasteiger partial charge is 0.138 e. The molecule has 4 nitrogen and oxygen atoms in total. The Morgan fingerprint density at radius 2 is 1.85 bits per heavy atom. The van der Waals surface area contributed by atoms with E-state index in [1.54, 1.807) is 42.9 Å². The second kappa shape index (κ2) is 7.60.